The Bertz CT molecular complexity index is 1380. The number of hydrazone groups is 1. The summed E-state index contributed by atoms with van der Waals surface area (Å²) in [5, 5.41) is 15.1. The van der Waals surface area contributed by atoms with Gasteiger partial charge in [0.25, 0.3) is 0 Å². The van der Waals surface area contributed by atoms with Gasteiger partial charge in [-0.05, 0) is 61.0 Å². The van der Waals surface area contributed by atoms with Crippen molar-refractivity contribution < 1.29 is 28.6 Å². The monoisotopic (exact) mass is 500 g/mol. The Labute approximate surface area is 213 Å². The van der Waals surface area contributed by atoms with E-state index in [-0.39, 0.29) is 17.9 Å². The largest absolute Gasteiger partial charge is 0.497 e. The third kappa shape index (κ3) is 7.16. The van der Waals surface area contributed by atoms with Crippen LogP contribution in [0.4, 0.5) is 5.69 Å². The molecule has 188 valence electrons. The number of anilines is 1. The molecule has 0 aliphatic carbocycles. The van der Waals surface area contributed by atoms with Gasteiger partial charge in [-0.2, -0.15) is 10.4 Å². The van der Waals surface area contributed by atoms with Gasteiger partial charge in [-0.25, -0.2) is 10.2 Å². The highest BCUT2D eigenvalue weighted by atomic mass is 16.6. The minimum Gasteiger partial charge on any atom is -0.497 e. The fourth-order valence-corrected chi connectivity index (χ4v) is 3.12. The number of esters is 1. The van der Waals surface area contributed by atoms with Crippen LogP contribution >= 0.6 is 0 Å². The highest BCUT2D eigenvalue weighted by Crippen LogP contribution is 2.29. The number of carbonyl (C=O) groups excluding carboxylic acids is 3. The molecule has 0 unspecified atom stereocenters. The van der Waals surface area contributed by atoms with Crippen LogP contribution < -0.4 is 25.0 Å². The molecule has 0 radical (unpaired) electrons. The van der Waals surface area contributed by atoms with Gasteiger partial charge in [0.05, 0.1) is 38.0 Å². The molecule has 10 nitrogen and oxygen atoms in total. The van der Waals surface area contributed by atoms with Crippen molar-refractivity contribution in [3.05, 3.63) is 83.4 Å². The highest BCUT2D eigenvalue weighted by molar-refractivity contribution is 6.39. The number of nitrogens with zero attached hydrogens (tertiary/aromatic N) is 2. The van der Waals surface area contributed by atoms with Crippen molar-refractivity contribution in [3.8, 4) is 23.3 Å². The van der Waals surface area contributed by atoms with Crippen LogP contribution in [0, 0.1) is 11.3 Å². The summed E-state index contributed by atoms with van der Waals surface area (Å²) in [7, 11) is 2.93. The van der Waals surface area contributed by atoms with E-state index in [1.54, 1.807) is 67.6 Å². The first kappa shape index (κ1) is 26.4. The van der Waals surface area contributed by atoms with E-state index >= 15 is 0 Å². The maximum absolute atomic E-state index is 12.5. The van der Waals surface area contributed by atoms with Crippen LogP contribution in [0.2, 0.25) is 0 Å². The minimum absolute atomic E-state index is 0.191. The molecule has 3 rings (SSSR count). The van der Waals surface area contributed by atoms with Crippen LogP contribution in [-0.2, 0) is 16.0 Å². The molecule has 0 aliphatic heterocycles. The Kier molecular flexibility index (Phi) is 8.94. The number of hydrogen-bond acceptors (Lipinski definition) is 8. The van der Waals surface area contributed by atoms with Gasteiger partial charge in [0, 0.05) is 11.3 Å². The molecular weight excluding hydrogens is 476 g/mol. The zero-order valence-corrected chi connectivity index (χ0v) is 20.4. The molecule has 2 N–H and O–H groups in total. The highest BCUT2D eigenvalue weighted by Gasteiger charge is 2.16. The SMILES string of the molecule is COc1cccc(C(=O)Oc2ccc(C(C)=NNC(=O)C(=O)Nc3ccc(CC#N)cc3)cc2OC)c1. The fourth-order valence-electron chi connectivity index (χ4n) is 3.12. The molecule has 0 fully saturated rings. The lowest BCUT2D eigenvalue weighted by Gasteiger charge is -2.11. The summed E-state index contributed by atoms with van der Waals surface area (Å²) >= 11 is 0. The number of amides is 2. The van der Waals surface area contributed by atoms with Gasteiger partial charge in [0.1, 0.15) is 5.75 Å². The summed E-state index contributed by atoms with van der Waals surface area (Å²) in [4.78, 5) is 36.9. The zero-order valence-electron chi connectivity index (χ0n) is 20.4. The number of hydrogen-bond donors (Lipinski definition) is 2. The molecule has 0 spiro atoms. The van der Waals surface area contributed by atoms with Gasteiger partial charge in [-0.1, -0.05) is 18.2 Å². The molecule has 0 aliphatic rings. The summed E-state index contributed by atoms with van der Waals surface area (Å²) in [6.07, 6.45) is 0.249. The van der Waals surface area contributed by atoms with E-state index in [1.165, 1.54) is 20.3 Å². The quantitative estimate of drug-likeness (QED) is 0.159. The van der Waals surface area contributed by atoms with Crippen molar-refractivity contribution in [2.45, 2.75) is 13.3 Å². The van der Waals surface area contributed by atoms with Gasteiger partial charge in [0.2, 0.25) is 0 Å². The van der Waals surface area contributed by atoms with Crippen molar-refractivity contribution in [1.29, 1.82) is 5.26 Å². The van der Waals surface area contributed by atoms with E-state index in [1.807, 2.05) is 6.07 Å². The number of nitrogens with one attached hydrogen (secondary N) is 2. The Balaban J connectivity index is 1.64. The molecule has 0 saturated heterocycles. The summed E-state index contributed by atoms with van der Waals surface area (Å²) < 4.78 is 15.9. The Morgan fingerprint density at radius 1 is 0.892 bits per heavy atom. The van der Waals surface area contributed by atoms with Crippen molar-refractivity contribution in [2.75, 3.05) is 19.5 Å². The number of carbonyl (C=O) groups is 3. The molecular formula is C27H24N4O6. The summed E-state index contributed by atoms with van der Waals surface area (Å²) in [6.45, 7) is 1.63. The lowest BCUT2D eigenvalue weighted by Crippen LogP contribution is -2.32. The Hall–Kier alpha value is -5.17. The average molecular weight is 501 g/mol. The normalized spacial score (nSPS) is 10.6. The number of benzene rings is 3. The Morgan fingerprint density at radius 2 is 1.65 bits per heavy atom. The van der Waals surface area contributed by atoms with E-state index < -0.39 is 17.8 Å². The molecule has 0 saturated carbocycles. The topological polar surface area (TPSA) is 139 Å². The van der Waals surface area contributed by atoms with Crippen molar-refractivity contribution >= 4 is 29.2 Å². The second kappa shape index (κ2) is 12.5. The molecule has 0 aromatic heterocycles. The minimum atomic E-state index is -0.962. The third-order valence-electron chi connectivity index (χ3n) is 5.12. The summed E-state index contributed by atoms with van der Waals surface area (Å²) in [5.41, 5.74) is 4.66. The first-order valence-electron chi connectivity index (χ1n) is 11.0. The van der Waals surface area contributed by atoms with Crippen molar-refractivity contribution in [3.63, 3.8) is 0 Å². The molecule has 10 heteroatoms. The van der Waals surface area contributed by atoms with E-state index in [9.17, 15) is 14.4 Å². The maximum Gasteiger partial charge on any atom is 0.343 e. The van der Waals surface area contributed by atoms with Crippen LogP contribution in [0.1, 0.15) is 28.4 Å². The first-order chi connectivity index (χ1) is 17.8. The second-order valence-corrected chi connectivity index (χ2v) is 7.61. The first-order valence-corrected chi connectivity index (χ1v) is 11.0. The molecule has 3 aromatic rings. The lowest BCUT2D eigenvalue weighted by atomic mass is 10.1. The summed E-state index contributed by atoms with van der Waals surface area (Å²) in [6, 6.07) is 19.9. The van der Waals surface area contributed by atoms with E-state index in [2.05, 4.69) is 15.8 Å². The molecule has 0 atom stereocenters. The van der Waals surface area contributed by atoms with Crippen molar-refractivity contribution in [2.24, 2.45) is 5.10 Å². The zero-order chi connectivity index (χ0) is 26.8. The number of rotatable bonds is 8. The maximum atomic E-state index is 12.5. The van der Waals surface area contributed by atoms with E-state index in [0.29, 0.717) is 28.3 Å². The molecule has 0 heterocycles. The number of methoxy groups -OCH3 is 2. The standard InChI is InChI=1S/C27H24N4O6/c1-17(30-31-26(33)25(32)29-21-10-7-18(8-11-21)13-14-28)19-9-12-23(24(16-19)36-3)37-27(34)20-5-4-6-22(15-20)35-2/h4-12,15-16H,13H2,1-3H3,(H,29,32)(H,31,33). The predicted molar refractivity (Wildman–Crippen MR) is 136 cm³/mol. The molecule has 37 heavy (non-hydrogen) atoms. The Morgan fingerprint density at radius 3 is 2.32 bits per heavy atom. The molecule has 0 bridgehead atoms. The third-order valence-corrected chi connectivity index (χ3v) is 5.12. The number of ether oxygens (including phenoxy) is 3. The van der Waals surface area contributed by atoms with E-state index in [4.69, 9.17) is 19.5 Å². The van der Waals surface area contributed by atoms with Gasteiger partial charge >= 0.3 is 17.8 Å². The fraction of sp³-hybridized carbons (Fsp3) is 0.148. The van der Waals surface area contributed by atoms with Crippen LogP contribution in [0.3, 0.4) is 0 Å². The smallest absolute Gasteiger partial charge is 0.343 e. The second-order valence-electron chi connectivity index (χ2n) is 7.61. The predicted octanol–water partition coefficient (Wildman–Crippen LogP) is 3.47. The lowest BCUT2D eigenvalue weighted by molar-refractivity contribution is -0.136. The average Bonchev–Trinajstić information content (AvgIpc) is 2.92. The van der Waals surface area contributed by atoms with Gasteiger partial charge in [-0.15, -0.1) is 0 Å². The molecule has 2 amide bonds. The van der Waals surface area contributed by atoms with Crippen LogP contribution in [-0.4, -0.2) is 37.7 Å². The number of nitriles is 1. The molecule has 3 aromatic carbocycles. The van der Waals surface area contributed by atoms with Crippen LogP contribution in [0.15, 0.2) is 71.8 Å². The van der Waals surface area contributed by atoms with Gasteiger partial charge in [-0.3, -0.25) is 9.59 Å². The van der Waals surface area contributed by atoms with Crippen LogP contribution in [0.5, 0.6) is 17.2 Å². The van der Waals surface area contributed by atoms with Crippen LogP contribution in [0.25, 0.3) is 0 Å². The van der Waals surface area contributed by atoms with E-state index in [0.717, 1.165) is 5.56 Å². The van der Waals surface area contributed by atoms with Gasteiger partial charge in [0.15, 0.2) is 11.5 Å². The summed E-state index contributed by atoms with van der Waals surface area (Å²) in [5.74, 6) is -1.47. The van der Waals surface area contributed by atoms with Crippen molar-refractivity contribution in [1.82, 2.24) is 5.43 Å². The van der Waals surface area contributed by atoms with Gasteiger partial charge < -0.3 is 19.5 Å².